The Hall–Kier alpha value is -0.960. The van der Waals surface area contributed by atoms with Gasteiger partial charge in [-0.05, 0) is 42.9 Å². The van der Waals surface area contributed by atoms with E-state index in [9.17, 15) is 8.78 Å². The lowest BCUT2D eigenvalue weighted by Gasteiger charge is -2.15. The van der Waals surface area contributed by atoms with Gasteiger partial charge in [0.1, 0.15) is 11.6 Å². The van der Waals surface area contributed by atoms with Crippen LogP contribution in [0.15, 0.2) is 18.2 Å². The summed E-state index contributed by atoms with van der Waals surface area (Å²) in [6, 6.07) is 3.89. The summed E-state index contributed by atoms with van der Waals surface area (Å²) in [7, 11) is 0. The van der Waals surface area contributed by atoms with Crippen LogP contribution in [0.1, 0.15) is 24.8 Å². The Kier molecular flexibility index (Phi) is 3.00. The van der Waals surface area contributed by atoms with Crippen LogP contribution in [0.2, 0.25) is 0 Å². The summed E-state index contributed by atoms with van der Waals surface area (Å²) in [5.74, 6) is -0.626. The predicted octanol–water partition coefficient (Wildman–Crippen LogP) is 2.63. The van der Waals surface area contributed by atoms with Crippen LogP contribution >= 0.6 is 0 Å². The maximum Gasteiger partial charge on any atom is 0.126 e. The second kappa shape index (κ2) is 4.27. The van der Waals surface area contributed by atoms with Crippen LogP contribution in [0, 0.1) is 17.6 Å². The summed E-state index contributed by atoms with van der Waals surface area (Å²) < 4.78 is 25.9. The Labute approximate surface area is 88.3 Å². The number of rotatable bonds is 2. The van der Waals surface area contributed by atoms with Gasteiger partial charge in [-0.2, -0.15) is 0 Å². The van der Waals surface area contributed by atoms with Gasteiger partial charge in [0.05, 0.1) is 0 Å². The number of halogens is 2. The van der Waals surface area contributed by atoms with Crippen LogP contribution in [-0.4, -0.2) is 6.04 Å². The van der Waals surface area contributed by atoms with Gasteiger partial charge >= 0.3 is 0 Å². The highest BCUT2D eigenvalue weighted by atomic mass is 19.1. The fourth-order valence-electron chi connectivity index (χ4n) is 2.35. The zero-order valence-corrected chi connectivity index (χ0v) is 8.55. The van der Waals surface area contributed by atoms with Crippen molar-refractivity contribution < 1.29 is 8.78 Å². The minimum Gasteiger partial charge on any atom is -0.327 e. The SMILES string of the molecule is N[C@@H]1CCC[C@@H]1Cc1cc(F)cc(F)c1. The normalized spacial score (nSPS) is 25.8. The van der Waals surface area contributed by atoms with E-state index in [0.29, 0.717) is 12.3 Å². The zero-order valence-electron chi connectivity index (χ0n) is 8.55. The minimum absolute atomic E-state index is 0.191. The molecule has 1 aromatic rings. The van der Waals surface area contributed by atoms with E-state index in [1.54, 1.807) is 0 Å². The summed E-state index contributed by atoms with van der Waals surface area (Å²) in [4.78, 5) is 0. The van der Waals surface area contributed by atoms with Crippen molar-refractivity contribution in [3.05, 3.63) is 35.4 Å². The fourth-order valence-corrected chi connectivity index (χ4v) is 2.35. The molecule has 1 aliphatic carbocycles. The summed E-state index contributed by atoms with van der Waals surface area (Å²) >= 11 is 0. The molecule has 82 valence electrons. The van der Waals surface area contributed by atoms with E-state index in [4.69, 9.17) is 5.73 Å². The van der Waals surface area contributed by atoms with E-state index in [-0.39, 0.29) is 6.04 Å². The first-order valence-electron chi connectivity index (χ1n) is 5.35. The maximum absolute atomic E-state index is 12.9. The molecule has 0 unspecified atom stereocenters. The topological polar surface area (TPSA) is 26.0 Å². The zero-order chi connectivity index (χ0) is 10.8. The van der Waals surface area contributed by atoms with Gasteiger partial charge in [0, 0.05) is 12.1 Å². The highest BCUT2D eigenvalue weighted by Gasteiger charge is 2.24. The molecule has 0 aliphatic heterocycles. The third-order valence-corrected chi connectivity index (χ3v) is 3.14. The van der Waals surface area contributed by atoms with Crippen molar-refractivity contribution in [1.82, 2.24) is 0 Å². The molecule has 0 radical (unpaired) electrons. The first-order valence-corrected chi connectivity index (χ1v) is 5.35. The Bertz CT molecular complexity index is 331. The lowest BCUT2D eigenvalue weighted by atomic mass is 9.95. The Morgan fingerprint density at radius 2 is 1.80 bits per heavy atom. The molecular weight excluding hydrogens is 196 g/mol. The Morgan fingerprint density at radius 3 is 2.33 bits per heavy atom. The van der Waals surface area contributed by atoms with Crippen LogP contribution in [-0.2, 0) is 6.42 Å². The molecule has 15 heavy (non-hydrogen) atoms. The molecule has 0 heterocycles. The molecule has 1 nitrogen and oxygen atoms in total. The van der Waals surface area contributed by atoms with Crippen molar-refractivity contribution in [2.75, 3.05) is 0 Å². The van der Waals surface area contributed by atoms with Crippen molar-refractivity contribution in [3.8, 4) is 0 Å². The molecule has 1 saturated carbocycles. The van der Waals surface area contributed by atoms with E-state index >= 15 is 0 Å². The fraction of sp³-hybridized carbons (Fsp3) is 0.500. The number of hydrogen-bond donors (Lipinski definition) is 1. The van der Waals surface area contributed by atoms with E-state index in [1.807, 2.05) is 0 Å². The number of nitrogens with two attached hydrogens (primary N) is 1. The van der Waals surface area contributed by atoms with Crippen molar-refractivity contribution in [2.24, 2.45) is 11.7 Å². The average Bonchev–Trinajstić information content (AvgIpc) is 2.50. The van der Waals surface area contributed by atoms with Gasteiger partial charge in [0.2, 0.25) is 0 Å². The lowest BCUT2D eigenvalue weighted by Crippen LogP contribution is -2.25. The van der Waals surface area contributed by atoms with Gasteiger partial charge in [-0.1, -0.05) is 6.42 Å². The number of benzene rings is 1. The summed E-state index contributed by atoms with van der Waals surface area (Å²) in [5, 5.41) is 0. The molecule has 2 N–H and O–H groups in total. The van der Waals surface area contributed by atoms with Gasteiger partial charge in [-0.15, -0.1) is 0 Å². The van der Waals surface area contributed by atoms with Crippen molar-refractivity contribution in [1.29, 1.82) is 0 Å². The predicted molar refractivity (Wildman–Crippen MR) is 55.4 cm³/mol. The molecule has 2 atom stereocenters. The molecule has 0 bridgehead atoms. The van der Waals surface area contributed by atoms with Crippen LogP contribution in [0.4, 0.5) is 8.78 Å². The van der Waals surface area contributed by atoms with Crippen LogP contribution in [0.25, 0.3) is 0 Å². The molecule has 0 spiro atoms. The first kappa shape index (κ1) is 10.6. The van der Waals surface area contributed by atoms with Crippen molar-refractivity contribution >= 4 is 0 Å². The third kappa shape index (κ3) is 2.53. The third-order valence-electron chi connectivity index (χ3n) is 3.14. The van der Waals surface area contributed by atoms with Gasteiger partial charge in [-0.3, -0.25) is 0 Å². The molecule has 3 heteroatoms. The van der Waals surface area contributed by atoms with Crippen molar-refractivity contribution in [3.63, 3.8) is 0 Å². The molecule has 1 aliphatic rings. The lowest BCUT2D eigenvalue weighted by molar-refractivity contribution is 0.475. The molecular formula is C12H15F2N. The number of hydrogen-bond acceptors (Lipinski definition) is 1. The molecule has 1 fully saturated rings. The maximum atomic E-state index is 12.9. The Balaban J connectivity index is 2.10. The van der Waals surface area contributed by atoms with Gasteiger partial charge in [-0.25, -0.2) is 8.78 Å². The second-order valence-corrected chi connectivity index (χ2v) is 4.34. The van der Waals surface area contributed by atoms with E-state index in [1.165, 1.54) is 12.1 Å². The standard InChI is InChI=1S/C12H15F2N/c13-10-5-8(6-11(14)7-10)4-9-2-1-3-12(9)15/h5-7,9,12H,1-4,15H2/t9-,12-/m1/s1. The second-order valence-electron chi connectivity index (χ2n) is 4.34. The first-order chi connectivity index (χ1) is 7.15. The van der Waals surface area contributed by atoms with E-state index in [0.717, 1.165) is 30.9 Å². The summed E-state index contributed by atoms with van der Waals surface area (Å²) in [5.41, 5.74) is 6.63. The smallest absolute Gasteiger partial charge is 0.126 e. The molecule has 0 amide bonds. The van der Waals surface area contributed by atoms with Crippen LogP contribution < -0.4 is 5.73 Å². The highest BCUT2D eigenvalue weighted by Crippen LogP contribution is 2.27. The van der Waals surface area contributed by atoms with Gasteiger partial charge in [0.15, 0.2) is 0 Å². The summed E-state index contributed by atoms with van der Waals surface area (Å²) in [6.07, 6.45) is 3.92. The van der Waals surface area contributed by atoms with E-state index in [2.05, 4.69) is 0 Å². The van der Waals surface area contributed by atoms with Crippen LogP contribution in [0.3, 0.4) is 0 Å². The minimum atomic E-state index is -0.503. The molecule has 1 aromatic carbocycles. The van der Waals surface area contributed by atoms with E-state index < -0.39 is 11.6 Å². The molecule has 2 rings (SSSR count). The molecule has 0 saturated heterocycles. The average molecular weight is 211 g/mol. The van der Waals surface area contributed by atoms with Crippen molar-refractivity contribution in [2.45, 2.75) is 31.7 Å². The monoisotopic (exact) mass is 211 g/mol. The quantitative estimate of drug-likeness (QED) is 0.799. The van der Waals surface area contributed by atoms with Crippen LogP contribution in [0.5, 0.6) is 0 Å². The van der Waals surface area contributed by atoms with Gasteiger partial charge < -0.3 is 5.73 Å². The summed E-state index contributed by atoms with van der Waals surface area (Å²) in [6.45, 7) is 0. The van der Waals surface area contributed by atoms with Gasteiger partial charge in [0.25, 0.3) is 0 Å². The molecule has 0 aromatic heterocycles. The Morgan fingerprint density at radius 1 is 1.13 bits per heavy atom. The largest absolute Gasteiger partial charge is 0.327 e. The highest BCUT2D eigenvalue weighted by molar-refractivity contribution is 5.19.